The van der Waals surface area contributed by atoms with Crippen LogP contribution in [0.3, 0.4) is 0 Å². The lowest BCUT2D eigenvalue weighted by molar-refractivity contribution is 0.0914. The molecule has 0 aliphatic heterocycles. The number of fused-ring (bicyclic) bond motifs is 1. The highest BCUT2D eigenvalue weighted by Crippen LogP contribution is 2.25. The van der Waals surface area contributed by atoms with Gasteiger partial charge in [0.25, 0.3) is 5.91 Å². The molecule has 1 aromatic heterocycles. The number of hydrogen-bond acceptors (Lipinski definition) is 4. The third-order valence-electron chi connectivity index (χ3n) is 5.16. The molecule has 0 saturated heterocycles. The van der Waals surface area contributed by atoms with E-state index in [0.29, 0.717) is 17.5 Å². The first-order chi connectivity index (χ1) is 14.1. The van der Waals surface area contributed by atoms with Crippen LogP contribution in [0.2, 0.25) is 0 Å². The lowest BCUT2D eigenvalue weighted by atomic mass is 9.86. The van der Waals surface area contributed by atoms with Gasteiger partial charge >= 0.3 is 0 Å². The predicted octanol–water partition coefficient (Wildman–Crippen LogP) is 5.31. The van der Waals surface area contributed by atoms with Crippen LogP contribution in [0.25, 0.3) is 11.0 Å². The van der Waals surface area contributed by atoms with E-state index in [1.54, 1.807) is 18.2 Å². The largest absolute Gasteiger partial charge is 0.451 e. The normalized spacial score (nSPS) is 12.5. The van der Waals surface area contributed by atoms with Crippen molar-refractivity contribution in [3.63, 3.8) is 0 Å². The maximum Gasteiger partial charge on any atom is 0.287 e. The van der Waals surface area contributed by atoms with E-state index >= 15 is 0 Å². The van der Waals surface area contributed by atoms with Crippen LogP contribution in [0, 0.1) is 0 Å². The molecule has 3 aromatic rings. The molecule has 31 heavy (non-hydrogen) atoms. The highest BCUT2D eigenvalue weighted by Gasteiger charge is 2.19. The van der Waals surface area contributed by atoms with E-state index < -0.39 is 5.91 Å². The zero-order chi connectivity index (χ0) is 22.1. The SMILES string of the molecule is CN(C)C(CNC(=O)c1cc(=O)c2ccc(Br)cc2o1)c1ccc(C(C)(C)C)cc1.Cl. The molecule has 0 saturated carbocycles. The highest BCUT2D eigenvalue weighted by molar-refractivity contribution is 9.10. The van der Waals surface area contributed by atoms with Crippen LogP contribution < -0.4 is 10.7 Å². The van der Waals surface area contributed by atoms with Crippen LogP contribution in [0.4, 0.5) is 0 Å². The standard InChI is InChI=1S/C24H27BrN2O3.ClH/c1-24(2,3)16-8-6-15(7-9-16)19(27(4)5)14-26-23(29)22-13-20(28)18-11-10-17(25)12-21(18)30-22;/h6-13,19H,14H2,1-5H3,(H,26,29);1H. The first-order valence-electron chi connectivity index (χ1n) is 9.85. The monoisotopic (exact) mass is 506 g/mol. The van der Waals surface area contributed by atoms with E-state index in [1.165, 1.54) is 11.6 Å². The second kappa shape index (κ2) is 9.98. The molecule has 7 heteroatoms. The number of nitrogens with one attached hydrogen (secondary N) is 1. The number of benzene rings is 2. The summed E-state index contributed by atoms with van der Waals surface area (Å²) < 4.78 is 6.46. The molecule has 1 amide bonds. The van der Waals surface area contributed by atoms with Gasteiger partial charge in [-0.15, -0.1) is 12.4 Å². The van der Waals surface area contributed by atoms with Crippen molar-refractivity contribution in [2.24, 2.45) is 0 Å². The van der Waals surface area contributed by atoms with Gasteiger partial charge in [0.15, 0.2) is 11.2 Å². The van der Waals surface area contributed by atoms with Gasteiger partial charge in [-0.05, 0) is 48.8 Å². The quantitative estimate of drug-likeness (QED) is 0.508. The number of carbonyl (C=O) groups excluding carboxylic acids is 1. The van der Waals surface area contributed by atoms with Crippen molar-refractivity contribution in [2.45, 2.75) is 32.2 Å². The van der Waals surface area contributed by atoms with Crippen LogP contribution >= 0.6 is 28.3 Å². The van der Waals surface area contributed by atoms with Crippen molar-refractivity contribution in [3.8, 4) is 0 Å². The van der Waals surface area contributed by atoms with E-state index in [1.807, 2.05) is 14.1 Å². The molecule has 0 radical (unpaired) electrons. The lowest BCUT2D eigenvalue weighted by Gasteiger charge is -2.26. The molecule has 166 valence electrons. The Bertz CT molecular complexity index is 1120. The highest BCUT2D eigenvalue weighted by atomic mass is 79.9. The summed E-state index contributed by atoms with van der Waals surface area (Å²) in [5.74, 6) is -0.404. The minimum absolute atomic E-state index is 0. The Kier molecular flexibility index (Phi) is 8.09. The van der Waals surface area contributed by atoms with Gasteiger partial charge in [0.2, 0.25) is 0 Å². The number of halogens is 2. The number of nitrogens with zero attached hydrogens (tertiary/aromatic N) is 1. The predicted molar refractivity (Wildman–Crippen MR) is 131 cm³/mol. The van der Waals surface area contributed by atoms with E-state index in [9.17, 15) is 9.59 Å². The maximum absolute atomic E-state index is 12.7. The Morgan fingerprint density at radius 1 is 1.10 bits per heavy atom. The Balaban J connectivity index is 0.00000341. The van der Waals surface area contributed by atoms with Crippen LogP contribution in [0.5, 0.6) is 0 Å². The van der Waals surface area contributed by atoms with Crippen molar-refractivity contribution in [1.82, 2.24) is 10.2 Å². The molecular formula is C24H28BrClN2O3. The van der Waals surface area contributed by atoms with Crippen molar-refractivity contribution in [2.75, 3.05) is 20.6 Å². The van der Waals surface area contributed by atoms with E-state index in [2.05, 4.69) is 71.2 Å². The zero-order valence-corrected chi connectivity index (χ0v) is 20.8. The summed E-state index contributed by atoms with van der Waals surface area (Å²) in [7, 11) is 3.95. The minimum Gasteiger partial charge on any atom is -0.451 e. The van der Waals surface area contributed by atoms with E-state index in [4.69, 9.17) is 4.42 Å². The molecule has 0 spiro atoms. The van der Waals surface area contributed by atoms with Gasteiger partial charge in [-0.2, -0.15) is 0 Å². The molecule has 1 unspecified atom stereocenters. The molecule has 3 rings (SSSR count). The Hall–Kier alpha value is -2.15. The van der Waals surface area contributed by atoms with Crippen LogP contribution in [-0.2, 0) is 5.41 Å². The van der Waals surface area contributed by atoms with Gasteiger partial charge in [-0.25, -0.2) is 0 Å². The van der Waals surface area contributed by atoms with Crippen molar-refractivity contribution < 1.29 is 9.21 Å². The summed E-state index contributed by atoms with van der Waals surface area (Å²) in [6.07, 6.45) is 0. The van der Waals surface area contributed by atoms with E-state index in [0.717, 1.165) is 10.0 Å². The van der Waals surface area contributed by atoms with Crippen molar-refractivity contribution in [3.05, 3.63) is 80.1 Å². The van der Waals surface area contributed by atoms with Crippen LogP contribution in [0.1, 0.15) is 48.5 Å². The summed E-state index contributed by atoms with van der Waals surface area (Å²) in [6, 6.07) is 14.8. The first-order valence-corrected chi connectivity index (χ1v) is 10.6. The third-order valence-corrected chi connectivity index (χ3v) is 5.65. The molecule has 0 bridgehead atoms. The summed E-state index contributed by atoms with van der Waals surface area (Å²) in [5.41, 5.74) is 2.59. The number of carbonyl (C=O) groups is 1. The average molecular weight is 508 g/mol. The second-order valence-corrected chi connectivity index (χ2v) is 9.59. The number of hydrogen-bond donors (Lipinski definition) is 1. The summed E-state index contributed by atoms with van der Waals surface area (Å²) in [5, 5.41) is 3.35. The Morgan fingerprint density at radius 3 is 2.32 bits per heavy atom. The summed E-state index contributed by atoms with van der Waals surface area (Å²) >= 11 is 3.36. The number of amides is 1. The van der Waals surface area contributed by atoms with Crippen LogP contribution in [0.15, 0.2) is 62.2 Å². The third kappa shape index (κ3) is 5.97. The fourth-order valence-electron chi connectivity index (χ4n) is 3.32. The average Bonchev–Trinajstić information content (AvgIpc) is 2.67. The van der Waals surface area contributed by atoms with Gasteiger partial charge < -0.3 is 14.6 Å². The molecule has 0 aliphatic rings. The summed E-state index contributed by atoms with van der Waals surface area (Å²) in [4.78, 5) is 27.1. The molecule has 2 aromatic carbocycles. The number of rotatable bonds is 5. The molecule has 5 nitrogen and oxygen atoms in total. The molecule has 1 N–H and O–H groups in total. The van der Waals surface area contributed by atoms with Crippen molar-refractivity contribution >= 4 is 45.2 Å². The second-order valence-electron chi connectivity index (χ2n) is 8.68. The maximum atomic E-state index is 12.7. The van der Waals surface area contributed by atoms with Crippen molar-refractivity contribution in [1.29, 1.82) is 0 Å². The van der Waals surface area contributed by atoms with Gasteiger partial charge in [-0.3, -0.25) is 9.59 Å². The Morgan fingerprint density at radius 2 is 1.74 bits per heavy atom. The van der Waals surface area contributed by atoms with Gasteiger partial charge in [0.1, 0.15) is 5.58 Å². The molecule has 1 atom stereocenters. The zero-order valence-electron chi connectivity index (χ0n) is 18.4. The molecular weight excluding hydrogens is 480 g/mol. The topological polar surface area (TPSA) is 62.6 Å². The fourth-order valence-corrected chi connectivity index (χ4v) is 3.66. The van der Waals surface area contributed by atoms with E-state index in [-0.39, 0.29) is 35.1 Å². The summed E-state index contributed by atoms with van der Waals surface area (Å²) in [6.45, 7) is 6.94. The smallest absolute Gasteiger partial charge is 0.287 e. The molecule has 0 fully saturated rings. The van der Waals surface area contributed by atoms with Gasteiger partial charge in [0.05, 0.1) is 11.4 Å². The molecule has 0 aliphatic carbocycles. The van der Waals surface area contributed by atoms with Crippen LogP contribution in [-0.4, -0.2) is 31.4 Å². The Labute approximate surface area is 197 Å². The molecule has 1 heterocycles. The first kappa shape index (κ1) is 25.1. The number of likely N-dealkylation sites (N-methyl/N-ethyl adjacent to an activating group) is 1. The van der Waals surface area contributed by atoms with Gasteiger partial charge in [0, 0.05) is 17.1 Å². The fraction of sp³-hybridized carbons (Fsp3) is 0.333. The van der Waals surface area contributed by atoms with Gasteiger partial charge in [-0.1, -0.05) is 61.0 Å². The minimum atomic E-state index is -0.410. The lowest BCUT2D eigenvalue weighted by Crippen LogP contribution is -2.34.